The van der Waals surface area contributed by atoms with E-state index in [1.807, 2.05) is 12.1 Å². The van der Waals surface area contributed by atoms with Gasteiger partial charge in [-0.1, -0.05) is 41.2 Å². The molecule has 13 heavy (non-hydrogen) atoms. The van der Waals surface area contributed by atoms with E-state index in [4.69, 9.17) is 4.84 Å². The van der Waals surface area contributed by atoms with Gasteiger partial charge >= 0.3 is 0 Å². The fraction of sp³-hybridized carbons (Fsp3) is 0.818. The quantitative estimate of drug-likeness (QED) is 0.572. The second-order valence-corrected chi connectivity index (χ2v) is 5.55. The Bertz CT molecular complexity index is 225. The Kier molecular flexibility index (Phi) is 2.23. The van der Waals surface area contributed by atoms with Gasteiger partial charge in [0.1, 0.15) is 5.76 Å². The summed E-state index contributed by atoms with van der Waals surface area (Å²) in [5, 5.41) is 1.93. The van der Waals surface area contributed by atoms with Gasteiger partial charge in [0.2, 0.25) is 0 Å². The molecule has 0 aliphatic carbocycles. The smallest absolute Gasteiger partial charge is 0.124 e. The third-order valence-electron chi connectivity index (χ3n) is 2.84. The molecule has 0 spiro atoms. The van der Waals surface area contributed by atoms with Crippen molar-refractivity contribution < 1.29 is 4.84 Å². The lowest BCUT2D eigenvalue weighted by atomic mass is 9.71. The van der Waals surface area contributed by atoms with Crippen LogP contribution in [0, 0.1) is 10.8 Å². The third-order valence-corrected chi connectivity index (χ3v) is 2.84. The number of hydrogen-bond donors (Lipinski definition) is 0. The summed E-state index contributed by atoms with van der Waals surface area (Å²) < 4.78 is 0. The van der Waals surface area contributed by atoms with Crippen LogP contribution in [0.5, 0.6) is 0 Å². The summed E-state index contributed by atoms with van der Waals surface area (Å²) in [7, 11) is 1.98. The normalized spacial score (nSPS) is 29.1. The molecule has 0 N–H and O–H groups in total. The van der Waals surface area contributed by atoms with Crippen molar-refractivity contribution in [2.45, 2.75) is 40.7 Å². The molecule has 1 aliphatic heterocycles. The molecule has 2 heteroatoms. The van der Waals surface area contributed by atoms with E-state index < -0.39 is 0 Å². The first-order valence-corrected chi connectivity index (χ1v) is 4.77. The molecular weight excluding hydrogens is 162 g/mol. The Labute approximate surface area is 81.5 Å². The Morgan fingerprint density at radius 2 is 1.85 bits per heavy atom. The number of nitrogens with zero attached hydrogens (tertiary/aromatic N) is 1. The van der Waals surface area contributed by atoms with E-state index in [2.05, 4.69) is 41.2 Å². The van der Waals surface area contributed by atoms with Crippen molar-refractivity contribution in [1.82, 2.24) is 5.06 Å². The molecule has 1 atom stereocenters. The Morgan fingerprint density at radius 1 is 1.38 bits per heavy atom. The highest BCUT2D eigenvalue weighted by Crippen LogP contribution is 2.47. The Morgan fingerprint density at radius 3 is 2.00 bits per heavy atom. The molecule has 1 fully saturated rings. The lowest BCUT2D eigenvalue weighted by molar-refractivity contribution is -0.108. The van der Waals surface area contributed by atoms with Gasteiger partial charge in [-0.15, -0.1) is 5.06 Å². The van der Waals surface area contributed by atoms with E-state index in [1.54, 1.807) is 0 Å². The van der Waals surface area contributed by atoms with E-state index in [0.29, 0.717) is 6.04 Å². The van der Waals surface area contributed by atoms with Gasteiger partial charge in [-0.2, -0.15) is 0 Å². The fourth-order valence-corrected chi connectivity index (χ4v) is 2.58. The third kappa shape index (κ3) is 1.60. The molecular formula is C11H21NO. The SMILES string of the molecule is C=C1ON(C)C(C(C)(C)C)C1(C)C. The summed E-state index contributed by atoms with van der Waals surface area (Å²) in [4.78, 5) is 5.55. The molecule has 2 nitrogen and oxygen atoms in total. The minimum Gasteiger partial charge on any atom is -0.410 e. The van der Waals surface area contributed by atoms with Gasteiger partial charge in [0, 0.05) is 12.5 Å². The van der Waals surface area contributed by atoms with Crippen LogP contribution >= 0.6 is 0 Å². The fourth-order valence-electron chi connectivity index (χ4n) is 2.58. The van der Waals surface area contributed by atoms with E-state index >= 15 is 0 Å². The van der Waals surface area contributed by atoms with Crippen LogP contribution < -0.4 is 0 Å². The van der Waals surface area contributed by atoms with Crippen LogP contribution in [0.25, 0.3) is 0 Å². The van der Waals surface area contributed by atoms with E-state index in [0.717, 1.165) is 5.76 Å². The molecule has 0 radical (unpaired) electrons. The Hall–Kier alpha value is -0.500. The number of hydrogen-bond acceptors (Lipinski definition) is 2. The molecule has 0 aromatic rings. The van der Waals surface area contributed by atoms with Crippen LogP contribution in [0.1, 0.15) is 34.6 Å². The predicted octanol–water partition coefficient (Wildman–Crippen LogP) is 2.82. The zero-order valence-corrected chi connectivity index (χ0v) is 9.64. The van der Waals surface area contributed by atoms with E-state index in [1.165, 1.54) is 0 Å². The monoisotopic (exact) mass is 183 g/mol. The minimum absolute atomic E-state index is 0.0347. The van der Waals surface area contributed by atoms with Crippen molar-refractivity contribution in [2.75, 3.05) is 7.05 Å². The van der Waals surface area contributed by atoms with Crippen LogP contribution in [-0.4, -0.2) is 18.2 Å². The van der Waals surface area contributed by atoms with Gasteiger partial charge in [0.05, 0.1) is 6.04 Å². The predicted molar refractivity (Wildman–Crippen MR) is 55.0 cm³/mol. The van der Waals surface area contributed by atoms with Crippen molar-refractivity contribution in [3.63, 3.8) is 0 Å². The van der Waals surface area contributed by atoms with Crippen LogP contribution in [0.2, 0.25) is 0 Å². The summed E-state index contributed by atoms with van der Waals surface area (Å²) in [6, 6.07) is 0.382. The maximum Gasteiger partial charge on any atom is 0.124 e. The molecule has 1 saturated heterocycles. The summed E-state index contributed by atoms with van der Waals surface area (Å²) in [5.74, 6) is 0.870. The minimum atomic E-state index is 0.0347. The van der Waals surface area contributed by atoms with Gasteiger partial charge in [-0.3, -0.25) is 0 Å². The number of hydroxylamine groups is 2. The highest BCUT2D eigenvalue weighted by atomic mass is 16.7. The maximum atomic E-state index is 5.55. The van der Waals surface area contributed by atoms with Gasteiger partial charge in [-0.05, 0) is 5.41 Å². The van der Waals surface area contributed by atoms with Crippen LogP contribution in [0.4, 0.5) is 0 Å². The summed E-state index contributed by atoms with van der Waals surface area (Å²) in [6.07, 6.45) is 0. The molecule has 1 heterocycles. The van der Waals surface area contributed by atoms with Crippen LogP contribution in [0.3, 0.4) is 0 Å². The Balaban J connectivity index is 3.02. The molecule has 0 amide bonds. The summed E-state index contributed by atoms with van der Waals surface area (Å²) in [5.41, 5.74) is 0.241. The van der Waals surface area contributed by atoms with E-state index in [9.17, 15) is 0 Å². The standard InChI is InChI=1S/C11H21NO/c1-8-11(5,6)9(10(2,3)4)12(7)13-8/h9H,1H2,2-7H3. The lowest BCUT2D eigenvalue weighted by Gasteiger charge is -2.37. The zero-order chi connectivity index (χ0) is 10.4. The van der Waals surface area contributed by atoms with Crippen LogP contribution in [0.15, 0.2) is 12.3 Å². The highest BCUT2D eigenvalue weighted by Gasteiger charge is 2.49. The molecule has 76 valence electrons. The first-order valence-electron chi connectivity index (χ1n) is 4.77. The topological polar surface area (TPSA) is 12.5 Å². The molecule has 1 unspecified atom stereocenters. The van der Waals surface area contributed by atoms with Crippen molar-refractivity contribution >= 4 is 0 Å². The summed E-state index contributed by atoms with van der Waals surface area (Å²) in [6.45, 7) is 15.0. The van der Waals surface area contributed by atoms with Crippen molar-refractivity contribution in [1.29, 1.82) is 0 Å². The molecule has 0 saturated carbocycles. The van der Waals surface area contributed by atoms with Gasteiger partial charge in [0.25, 0.3) is 0 Å². The molecule has 0 aromatic heterocycles. The molecule has 1 aliphatic rings. The summed E-state index contributed by atoms with van der Waals surface area (Å²) >= 11 is 0. The van der Waals surface area contributed by atoms with Gasteiger partial charge in [0.15, 0.2) is 0 Å². The van der Waals surface area contributed by atoms with Crippen LogP contribution in [-0.2, 0) is 4.84 Å². The number of rotatable bonds is 0. The highest BCUT2D eigenvalue weighted by molar-refractivity contribution is 5.11. The average molecular weight is 183 g/mol. The lowest BCUT2D eigenvalue weighted by Crippen LogP contribution is -2.44. The second-order valence-electron chi connectivity index (χ2n) is 5.55. The maximum absolute atomic E-state index is 5.55. The second kappa shape index (κ2) is 2.74. The van der Waals surface area contributed by atoms with Gasteiger partial charge < -0.3 is 4.84 Å². The first kappa shape index (κ1) is 10.6. The van der Waals surface area contributed by atoms with Gasteiger partial charge in [-0.25, -0.2) is 0 Å². The molecule has 0 aromatic carbocycles. The van der Waals surface area contributed by atoms with Crippen molar-refractivity contribution in [2.24, 2.45) is 10.8 Å². The zero-order valence-electron chi connectivity index (χ0n) is 9.64. The van der Waals surface area contributed by atoms with E-state index in [-0.39, 0.29) is 10.8 Å². The average Bonchev–Trinajstić information content (AvgIpc) is 1.99. The molecule has 1 rings (SSSR count). The largest absolute Gasteiger partial charge is 0.410 e. The first-order chi connectivity index (χ1) is 5.67. The van der Waals surface area contributed by atoms with Crippen molar-refractivity contribution in [3.05, 3.63) is 12.3 Å². The van der Waals surface area contributed by atoms with Crippen molar-refractivity contribution in [3.8, 4) is 0 Å². The molecule has 0 bridgehead atoms.